The molecule has 0 aliphatic carbocycles. The summed E-state index contributed by atoms with van der Waals surface area (Å²) in [6.07, 6.45) is 1.46. The van der Waals surface area contributed by atoms with Crippen LogP contribution in [0.15, 0.2) is 0 Å². The van der Waals surface area contributed by atoms with Crippen LogP contribution < -0.4 is 5.32 Å². The average Bonchev–Trinajstić information content (AvgIpc) is 2.21. The third kappa shape index (κ3) is 8.30. The molecule has 18 heavy (non-hydrogen) atoms. The first-order chi connectivity index (χ1) is 8.27. The number of amides is 1. The highest BCUT2D eigenvalue weighted by Crippen LogP contribution is 2.05. The maximum atomic E-state index is 11.5. The van der Waals surface area contributed by atoms with Gasteiger partial charge in [0.25, 0.3) is 0 Å². The molecule has 0 saturated carbocycles. The Bertz CT molecular complexity index is 341. The van der Waals surface area contributed by atoms with Gasteiger partial charge in [-0.15, -0.1) is 0 Å². The summed E-state index contributed by atoms with van der Waals surface area (Å²) in [4.78, 5) is 11.0. The standard InChI is InChI=1S/C11H24N2O4S/c1-5-17-11(14)12-7-9-13(18(4,15)16)8-6-10(2)3/h10H,5-9H2,1-4H3,(H,12,14). The number of carbonyl (C=O) groups is 1. The fourth-order valence-corrected chi connectivity index (χ4v) is 2.17. The fraction of sp³-hybridized carbons (Fsp3) is 0.909. The minimum Gasteiger partial charge on any atom is -0.450 e. The summed E-state index contributed by atoms with van der Waals surface area (Å²) in [5, 5.41) is 2.51. The maximum absolute atomic E-state index is 11.5. The van der Waals surface area contributed by atoms with Gasteiger partial charge in [0, 0.05) is 19.6 Å². The number of carbonyl (C=O) groups excluding carboxylic acids is 1. The molecule has 0 aromatic heterocycles. The van der Waals surface area contributed by atoms with Gasteiger partial charge >= 0.3 is 6.09 Å². The number of hydrogen-bond donors (Lipinski definition) is 1. The minimum atomic E-state index is -3.23. The van der Waals surface area contributed by atoms with Gasteiger partial charge in [0.05, 0.1) is 12.9 Å². The number of ether oxygens (including phenoxy) is 1. The van der Waals surface area contributed by atoms with Crippen LogP contribution in [-0.2, 0) is 14.8 Å². The Morgan fingerprint density at radius 3 is 2.39 bits per heavy atom. The Morgan fingerprint density at radius 1 is 1.33 bits per heavy atom. The van der Waals surface area contributed by atoms with E-state index in [0.717, 1.165) is 6.42 Å². The predicted octanol–water partition coefficient (Wildman–Crippen LogP) is 1.04. The molecule has 0 fully saturated rings. The molecule has 0 aromatic carbocycles. The van der Waals surface area contributed by atoms with E-state index in [2.05, 4.69) is 10.1 Å². The smallest absolute Gasteiger partial charge is 0.407 e. The quantitative estimate of drug-likeness (QED) is 0.721. The van der Waals surface area contributed by atoms with Gasteiger partial charge in [0.15, 0.2) is 0 Å². The molecule has 1 N–H and O–H groups in total. The van der Waals surface area contributed by atoms with E-state index >= 15 is 0 Å². The Hall–Kier alpha value is -0.820. The third-order valence-electron chi connectivity index (χ3n) is 2.33. The van der Waals surface area contributed by atoms with E-state index in [1.165, 1.54) is 10.6 Å². The Kier molecular flexibility index (Phi) is 7.93. The van der Waals surface area contributed by atoms with Gasteiger partial charge in [-0.1, -0.05) is 13.8 Å². The van der Waals surface area contributed by atoms with Gasteiger partial charge < -0.3 is 10.1 Å². The van der Waals surface area contributed by atoms with E-state index in [1.54, 1.807) is 6.92 Å². The number of nitrogens with zero attached hydrogens (tertiary/aromatic N) is 1. The minimum absolute atomic E-state index is 0.254. The number of alkyl carbamates (subject to hydrolysis) is 1. The summed E-state index contributed by atoms with van der Waals surface area (Å²) in [5.41, 5.74) is 0. The van der Waals surface area contributed by atoms with Crippen LogP contribution in [-0.4, -0.2) is 51.3 Å². The second-order valence-corrected chi connectivity index (χ2v) is 6.47. The van der Waals surface area contributed by atoms with Crippen LogP contribution >= 0.6 is 0 Å². The van der Waals surface area contributed by atoms with Gasteiger partial charge in [-0.2, -0.15) is 0 Å². The zero-order chi connectivity index (χ0) is 14.2. The molecular weight excluding hydrogens is 256 g/mol. The van der Waals surface area contributed by atoms with Crippen molar-refractivity contribution < 1.29 is 17.9 Å². The lowest BCUT2D eigenvalue weighted by Gasteiger charge is -2.20. The molecule has 0 bridgehead atoms. The number of rotatable bonds is 8. The molecule has 7 heteroatoms. The maximum Gasteiger partial charge on any atom is 0.407 e. The lowest BCUT2D eigenvalue weighted by Crippen LogP contribution is -2.39. The number of hydrogen-bond acceptors (Lipinski definition) is 4. The molecule has 108 valence electrons. The summed E-state index contributed by atoms with van der Waals surface area (Å²) in [6, 6.07) is 0. The summed E-state index contributed by atoms with van der Waals surface area (Å²) in [6.45, 7) is 7.09. The van der Waals surface area contributed by atoms with E-state index in [-0.39, 0.29) is 13.1 Å². The highest BCUT2D eigenvalue weighted by Gasteiger charge is 2.16. The molecular formula is C11H24N2O4S. The Morgan fingerprint density at radius 2 is 1.94 bits per heavy atom. The van der Waals surface area contributed by atoms with Crippen molar-refractivity contribution >= 4 is 16.1 Å². The highest BCUT2D eigenvalue weighted by molar-refractivity contribution is 7.88. The second kappa shape index (κ2) is 8.31. The van der Waals surface area contributed by atoms with E-state index in [4.69, 9.17) is 0 Å². The molecule has 0 spiro atoms. The molecule has 0 saturated heterocycles. The van der Waals surface area contributed by atoms with Crippen molar-refractivity contribution in [1.82, 2.24) is 9.62 Å². The molecule has 0 rings (SSSR count). The van der Waals surface area contributed by atoms with Crippen LogP contribution in [0.2, 0.25) is 0 Å². The molecule has 0 aromatic rings. The zero-order valence-corrected chi connectivity index (χ0v) is 12.4. The lowest BCUT2D eigenvalue weighted by molar-refractivity contribution is 0.151. The summed E-state index contributed by atoms with van der Waals surface area (Å²) >= 11 is 0. The molecule has 1 amide bonds. The molecule has 0 aliphatic rings. The fourth-order valence-electron chi connectivity index (χ4n) is 1.31. The van der Waals surface area contributed by atoms with E-state index in [9.17, 15) is 13.2 Å². The van der Waals surface area contributed by atoms with Crippen molar-refractivity contribution in [2.45, 2.75) is 27.2 Å². The van der Waals surface area contributed by atoms with Crippen molar-refractivity contribution in [2.75, 3.05) is 32.5 Å². The van der Waals surface area contributed by atoms with Crippen LogP contribution in [0.25, 0.3) is 0 Å². The van der Waals surface area contributed by atoms with E-state index in [1.807, 2.05) is 13.8 Å². The van der Waals surface area contributed by atoms with Gasteiger partial charge in [-0.05, 0) is 19.3 Å². The number of nitrogens with one attached hydrogen (secondary N) is 1. The lowest BCUT2D eigenvalue weighted by atomic mass is 10.1. The molecule has 0 unspecified atom stereocenters. The van der Waals surface area contributed by atoms with E-state index in [0.29, 0.717) is 19.1 Å². The molecule has 0 aliphatic heterocycles. The highest BCUT2D eigenvalue weighted by atomic mass is 32.2. The SMILES string of the molecule is CCOC(=O)NCCN(CCC(C)C)S(C)(=O)=O. The second-order valence-electron chi connectivity index (χ2n) is 4.49. The largest absolute Gasteiger partial charge is 0.450 e. The van der Waals surface area contributed by atoms with Crippen molar-refractivity contribution in [1.29, 1.82) is 0 Å². The zero-order valence-electron chi connectivity index (χ0n) is 11.6. The monoisotopic (exact) mass is 280 g/mol. The first kappa shape index (κ1) is 17.2. The van der Waals surface area contributed by atoms with Crippen molar-refractivity contribution in [3.8, 4) is 0 Å². The van der Waals surface area contributed by atoms with Crippen LogP contribution in [0.5, 0.6) is 0 Å². The first-order valence-electron chi connectivity index (χ1n) is 6.13. The normalized spacial score (nSPS) is 11.9. The number of sulfonamides is 1. The summed E-state index contributed by atoms with van der Waals surface area (Å²) < 4.78 is 29.1. The average molecular weight is 280 g/mol. The Labute approximate surface area is 110 Å². The van der Waals surface area contributed by atoms with Gasteiger partial charge in [0.2, 0.25) is 10.0 Å². The third-order valence-corrected chi connectivity index (χ3v) is 3.63. The predicted molar refractivity (Wildman–Crippen MR) is 70.9 cm³/mol. The van der Waals surface area contributed by atoms with Crippen LogP contribution in [0.1, 0.15) is 27.2 Å². The van der Waals surface area contributed by atoms with Crippen molar-refractivity contribution in [3.05, 3.63) is 0 Å². The Balaban J connectivity index is 4.14. The van der Waals surface area contributed by atoms with Crippen molar-refractivity contribution in [3.63, 3.8) is 0 Å². The summed E-state index contributed by atoms with van der Waals surface area (Å²) in [7, 11) is -3.23. The van der Waals surface area contributed by atoms with Gasteiger partial charge in [-0.25, -0.2) is 17.5 Å². The van der Waals surface area contributed by atoms with Crippen molar-refractivity contribution in [2.24, 2.45) is 5.92 Å². The van der Waals surface area contributed by atoms with Crippen LogP contribution in [0.4, 0.5) is 4.79 Å². The molecule has 6 nitrogen and oxygen atoms in total. The first-order valence-corrected chi connectivity index (χ1v) is 7.98. The van der Waals surface area contributed by atoms with Gasteiger partial charge in [0.1, 0.15) is 0 Å². The van der Waals surface area contributed by atoms with E-state index < -0.39 is 16.1 Å². The molecule has 0 radical (unpaired) electrons. The summed E-state index contributed by atoms with van der Waals surface area (Å²) in [5.74, 6) is 0.437. The van der Waals surface area contributed by atoms with Crippen LogP contribution in [0, 0.1) is 5.92 Å². The molecule has 0 heterocycles. The van der Waals surface area contributed by atoms with Crippen LogP contribution in [0.3, 0.4) is 0 Å². The van der Waals surface area contributed by atoms with Gasteiger partial charge in [-0.3, -0.25) is 0 Å². The topological polar surface area (TPSA) is 75.7 Å². The molecule has 0 atom stereocenters.